The van der Waals surface area contributed by atoms with Crippen LogP contribution in [0.2, 0.25) is 0 Å². The van der Waals surface area contributed by atoms with E-state index in [2.05, 4.69) is 5.32 Å². The molecule has 1 aliphatic heterocycles. The van der Waals surface area contributed by atoms with Crippen molar-refractivity contribution in [3.63, 3.8) is 0 Å². The molecule has 0 aromatic heterocycles. The lowest BCUT2D eigenvalue weighted by molar-refractivity contribution is -0.161. The number of methoxy groups -OCH3 is 1. The Morgan fingerprint density at radius 1 is 1.43 bits per heavy atom. The Labute approximate surface area is 133 Å². The minimum atomic E-state index is -0.773. The molecule has 1 amide bonds. The first-order valence-corrected chi connectivity index (χ1v) is 7.95. The van der Waals surface area contributed by atoms with Crippen LogP contribution in [-0.2, 0) is 4.79 Å². The molecule has 6 heteroatoms. The van der Waals surface area contributed by atoms with Crippen molar-refractivity contribution in [1.82, 2.24) is 5.32 Å². The van der Waals surface area contributed by atoms with Crippen molar-refractivity contribution in [2.75, 3.05) is 7.11 Å². The molecule has 1 aromatic carbocycles. The topological polar surface area (TPSA) is 84.9 Å². The first-order chi connectivity index (χ1) is 11.0. The van der Waals surface area contributed by atoms with Crippen LogP contribution in [0.5, 0.6) is 11.5 Å². The monoisotopic (exact) mass is 317 g/mol. The van der Waals surface area contributed by atoms with Crippen LogP contribution >= 0.6 is 0 Å². The lowest BCUT2D eigenvalue weighted by Crippen LogP contribution is -2.66. The molecular formula is C17H19NO5. The number of rotatable bonds is 2. The summed E-state index contributed by atoms with van der Waals surface area (Å²) in [5, 5.41) is 12.4. The molecule has 1 spiro atoms. The summed E-state index contributed by atoms with van der Waals surface area (Å²) in [7, 11) is 1.57. The van der Waals surface area contributed by atoms with Gasteiger partial charge in [-0.15, -0.1) is 0 Å². The van der Waals surface area contributed by atoms with E-state index in [1.165, 1.54) is 0 Å². The first kappa shape index (κ1) is 14.4. The molecule has 2 bridgehead atoms. The number of benzene rings is 1. The fraction of sp³-hybridized carbons (Fsp3) is 0.529. The second-order valence-electron chi connectivity index (χ2n) is 6.73. The molecular weight excluding hydrogens is 298 g/mol. The standard InChI is InChI=1S/C17H19NO5/c1-22-11-4-5-12-14(7-11)23-17(18-15(12)19)8-9-2-3-10(17)6-13(9)16(20)21/h4-5,7,9-10,13H,2-3,6,8H2,1H3,(H,18,19)(H,20,21)/t9-,10+,13-,17+/m1/s1. The summed E-state index contributed by atoms with van der Waals surface area (Å²) in [6.07, 6.45) is 2.87. The van der Waals surface area contributed by atoms with Crippen molar-refractivity contribution in [2.24, 2.45) is 17.8 Å². The maximum Gasteiger partial charge on any atom is 0.306 e. The van der Waals surface area contributed by atoms with Crippen LogP contribution in [0.3, 0.4) is 0 Å². The smallest absolute Gasteiger partial charge is 0.306 e. The van der Waals surface area contributed by atoms with Gasteiger partial charge in [-0.2, -0.15) is 0 Å². The van der Waals surface area contributed by atoms with Gasteiger partial charge in [-0.25, -0.2) is 0 Å². The summed E-state index contributed by atoms with van der Waals surface area (Å²) in [5.74, 6) is 0.00559. The highest BCUT2D eigenvalue weighted by Gasteiger charge is 2.57. The van der Waals surface area contributed by atoms with Crippen LogP contribution in [0.15, 0.2) is 18.2 Å². The van der Waals surface area contributed by atoms with Gasteiger partial charge in [0.2, 0.25) is 0 Å². The number of amides is 1. The van der Waals surface area contributed by atoms with E-state index >= 15 is 0 Å². The number of carbonyl (C=O) groups is 2. The highest BCUT2D eigenvalue weighted by atomic mass is 16.5. The van der Waals surface area contributed by atoms with Gasteiger partial charge in [0.05, 0.1) is 18.6 Å². The van der Waals surface area contributed by atoms with Gasteiger partial charge in [-0.3, -0.25) is 9.59 Å². The Kier molecular flexibility index (Phi) is 3.04. The van der Waals surface area contributed by atoms with Gasteiger partial charge in [0.25, 0.3) is 5.91 Å². The summed E-state index contributed by atoms with van der Waals surface area (Å²) in [6, 6.07) is 5.15. The van der Waals surface area contributed by atoms with Crippen molar-refractivity contribution in [1.29, 1.82) is 0 Å². The van der Waals surface area contributed by atoms with E-state index in [0.29, 0.717) is 29.9 Å². The molecule has 2 N–H and O–H groups in total. The average molecular weight is 317 g/mol. The van der Waals surface area contributed by atoms with Crippen molar-refractivity contribution >= 4 is 11.9 Å². The minimum absolute atomic E-state index is 0.0249. The zero-order chi connectivity index (χ0) is 16.2. The number of aliphatic carboxylic acids is 1. The number of fused-ring (bicyclic) bond motifs is 3. The predicted molar refractivity (Wildman–Crippen MR) is 80.4 cm³/mol. The van der Waals surface area contributed by atoms with Crippen molar-refractivity contribution in [3.05, 3.63) is 23.8 Å². The lowest BCUT2D eigenvalue weighted by atomic mass is 9.60. The van der Waals surface area contributed by atoms with Crippen LogP contribution in [0.1, 0.15) is 36.0 Å². The average Bonchev–Trinajstić information content (AvgIpc) is 2.54. The molecule has 0 unspecified atom stereocenters. The maximum absolute atomic E-state index is 12.5. The summed E-state index contributed by atoms with van der Waals surface area (Å²) in [5.41, 5.74) is -0.279. The van der Waals surface area contributed by atoms with Crippen LogP contribution in [0.25, 0.3) is 0 Å². The number of ether oxygens (including phenoxy) is 2. The largest absolute Gasteiger partial charge is 0.497 e. The molecule has 0 radical (unpaired) electrons. The lowest BCUT2D eigenvalue weighted by Gasteiger charge is -2.54. The van der Waals surface area contributed by atoms with Crippen LogP contribution < -0.4 is 14.8 Å². The third-order valence-electron chi connectivity index (χ3n) is 5.59. The number of hydrogen-bond donors (Lipinski definition) is 2. The van der Waals surface area contributed by atoms with Gasteiger partial charge in [0.15, 0.2) is 5.72 Å². The van der Waals surface area contributed by atoms with E-state index in [1.807, 2.05) is 0 Å². The van der Waals surface area contributed by atoms with E-state index in [0.717, 1.165) is 12.8 Å². The van der Waals surface area contributed by atoms with Gasteiger partial charge in [-0.05, 0) is 37.3 Å². The summed E-state index contributed by atoms with van der Waals surface area (Å²) in [4.78, 5) is 23.9. The first-order valence-electron chi connectivity index (χ1n) is 7.95. The zero-order valence-corrected chi connectivity index (χ0v) is 12.9. The van der Waals surface area contributed by atoms with Gasteiger partial charge in [0.1, 0.15) is 11.5 Å². The quantitative estimate of drug-likeness (QED) is 0.872. The van der Waals surface area contributed by atoms with Gasteiger partial charge in [-0.1, -0.05) is 0 Å². The molecule has 23 heavy (non-hydrogen) atoms. The fourth-order valence-corrected chi connectivity index (χ4v) is 4.42. The Bertz CT molecular complexity index is 688. The van der Waals surface area contributed by atoms with Crippen LogP contribution in [0.4, 0.5) is 0 Å². The zero-order valence-electron chi connectivity index (χ0n) is 12.9. The van der Waals surface area contributed by atoms with Crippen molar-refractivity contribution in [2.45, 2.75) is 31.4 Å². The molecule has 3 fully saturated rings. The molecule has 3 saturated carbocycles. The molecule has 4 aliphatic rings. The number of carboxylic acid groups (broad SMARTS) is 1. The molecule has 4 atom stereocenters. The third-order valence-corrected chi connectivity index (χ3v) is 5.59. The van der Waals surface area contributed by atoms with E-state index < -0.39 is 11.7 Å². The Hall–Kier alpha value is -2.24. The Morgan fingerprint density at radius 3 is 2.91 bits per heavy atom. The van der Waals surface area contributed by atoms with Crippen LogP contribution in [-0.4, -0.2) is 29.8 Å². The molecule has 3 aliphatic carbocycles. The van der Waals surface area contributed by atoms with Crippen molar-refractivity contribution in [3.8, 4) is 11.5 Å². The molecule has 6 nitrogen and oxygen atoms in total. The number of hydrogen-bond acceptors (Lipinski definition) is 4. The fourth-order valence-electron chi connectivity index (χ4n) is 4.42. The summed E-state index contributed by atoms with van der Waals surface area (Å²) in [6.45, 7) is 0. The molecule has 122 valence electrons. The van der Waals surface area contributed by atoms with E-state index in [4.69, 9.17) is 9.47 Å². The third kappa shape index (κ3) is 2.08. The molecule has 1 heterocycles. The summed E-state index contributed by atoms with van der Waals surface area (Å²) < 4.78 is 11.4. The van der Waals surface area contributed by atoms with E-state index in [9.17, 15) is 14.7 Å². The second kappa shape index (κ2) is 4.88. The normalized spacial score (nSPS) is 34.5. The number of carboxylic acids is 1. The Balaban J connectivity index is 1.69. The van der Waals surface area contributed by atoms with Gasteiger partial charge < -0.3 is 19.9 Å². The second-order valence-corrected chi connectivity index (χ2v) is 6.73. The number of carbonyl (C=O) groups excluding carboxylic acids is 1. The van der Waals surface area contributed by atoms with E-state index in [-0.39, 0.29) is 23.7 Å². The highest BCUT2D eigenvalue weighted by Crippen LogP contribution is 2.52. The molecule has 0 saturated heterocycles. The van der Waals surface area contributed by atoms with Crippen LogP contribution in [0, 0.1) is 17.8 Å². The van der Waals surface area contributed by atoms with E-state index in [1.54, 1.807) is 25.3 Å². The Morgan fingerprint density at radius 2 is 2.26 bits per heavy atom. The number of nitrogens with one attached hydrogen (secondary N) is 1. The van der Waals surface area contributed by atoms with Crippen molar-refractivity contribution < 1.29 is 24.2 Å². The highest BCUT2D eigenvalue weighted by molar-refractivity contribution is 5.98. The predicted octanol–water partition coefficient (Wildman–Crippen LogP) is 2.03. The van der Waals surface area contributed by atoms with Gasteiger partial charge in [0, 0.05) is 18.4 Å². The minimum Gasteiger partial charge on any atom is -0.497 e. The SMILES string of the molecule is COc1ccc2c(c1)O[C@]1(C[C@H]3CC[C@H]1C[C@H]3C(=O)O)NC2=O. The maximum atomic E-state index is 12.5. The molecule has 1 aromatic rings. The van der Waals surface area contributed by atoms with Gasteiger partial charge >= 0.3 is 5.97 Å². The summed E-state index contributed by atoms with van der Waals surface area (Å²) >= 11 is 0. The molecule has 5 rings (SSSR count).